The van der Waals surface area contributed by atoms with E-state index >= 15 is 0 Å². The van der Waals surface area contributed by atoms with Gasteiger partial charge >= 0.3 is 0 Å². The van der Waals surface area contributed by atoms with E-state index in [1.807, 2.05) is 24.3 Å². The first kappa shape index (κ1) is 28.3. The number of fused-ring (bicyclic) bond motifs is 6. The highest BCUT2D eigenvalue weighted by molar-refractivity contribution is 6.30. The van der Waals surface area contributed by atoms with Crippen molar-refractivity contribution in [2.24, 2.45) is 0 Å². The molecule has 3 aliphatic heterocycles. The lowest BCUT2D eigenvalue weighted by atomic mass is 9.87. The van der Waals surface area contributed by atoms with Gasteiger partial charge in [-0.05, 0) is 78.1 Å². The number of carbonyl (C=O) groups excluding carboxylic acids is 2. The molecular formula is C32H27ClFN3O6. The molecule has 0 spiro atoms. The Bertz CT molecular complexity index is 1790. The van der Waals surface area contributed by atoms with E-state index in [9.17, 15) is 18.8 Å². The molecule has 0 radical (unpaired) electrons. The van der Waals surface area contributed by atoms with E-state index in [1.165, 1.54) is 37.6 Å². The molecule has 4 aromatic rings. The van der Waals surface area contributed by atoms with Gasteiger partial charge in [0.2, 0.25) is 0 Å². The van der Waals surface area contributed by atoms with Gasteiger partial charge in [0.05, 0.1) is 30.9 Å². The third-order valence-corrected chi connectivity index (χ3v) is 7.78. The maximum atomic E-state index is 14.5. The number of halogens is 2. The second kappa shape index (κ2) is 11.8. The number of hydrogen-bond acceptors (Lipinski definition) is 6. The van der Waals surface area contributed by atoms with Crippen LogP contribution in [0.25, 0.3) is 0 Å². The van der Waals surface area contributed by atoms with E-state index in [-0.39, 0.29) is 35.2 Å². The molecule has 2 amide bonds. The van der Waals surface area contributed by atoms with E-state index in [0.29, 0.717) is 42.4 Å². The van der Waals surface area contributed by atoms with Gasteiger partial charge in [-0.15, -0.1) is 0 Å². The fourth-order valence-electron chi connectivity index (χ4n) is 5.40. The molecular weight excluding hydrogens is 577 g/mol. The quantitative estimate of drug-likeness (QED) is 0.323. The second-order valence-electron chi connectivity index (χ2n) is 10.2. The summed E-state index contributed by atoms with van der Waals surface area (Å²) in [5, 5.41) is 2.65. The Morgan fingerprint density at radius 2 is 1.88 bits per heavy atom. The summed E-state index contributed by atoms with van der Waals surface area (Å²) >= 11 is 6.06. The molecule has 0 saturated heterocycles. The molecule has 1 atom stereocenters. The second-order valence-corrected chi connectivity index (χ2v) is 10.6. The standard InChI is InChI=1S/C32H27ClFN3O6/c1-41-27-8-3-19-15-28(27)42-12-2-10-35-30(38)24-16-22(5-7-26(24)34)43-21-4-6-23-18(13-21)9-11-37(29(19)23)32(40)20-14-25(33)31(39)36-17-20/h3-8,13-17,29H,2,9-12H2,1H3,(H,35,38)(H,36,39). The number of benzene rings is 3. The first-order valence-corrected chi connectivity index (χ1v) is 14.1. The summed E-state index contributed by atoms with van der Waals surface area (Å²) in [6, 6.07) is 15.9. The highest BCUT2D eigenvalue weighted by Gasteiger charge is 2.34. The SMILES string of the molecule is COc1ccc2cc1OCCCNC(=O)c1cc(ccc1F)Oc1ccc3c(c1)CCN(C(=O)c1c[nH]c(=O)c(Cl)c1)C23. The van der Waals surface area contributed by atoms with Crippen molar-refractivity contribution < 1.29 is 28.2 Å². The number of ether oxygens (including phenoxy) is 3. The van der Waals surface area contributed by atoms with Crippen LogP contribution in [0.3, 0.4) is 0 Å². The van der Waals surface area contributed by atoms with E-state index in [2.05, 4.69) is 10.3 Å². The number of aromatic nitrogens is 1. The van der Waals surface area contributed by atoms with Crippen LogP contribution in [0.15, 0.2) is 71.7 Å². The van der Waals surface area contributed by atoms with Gasteiger partial charge in [0.25, 0.3) is 17.4 Å². The van der Waals surface area contributed by atoms with Gasteiger partial charge in [-0.1, -0.05) is 23.7 Å². The lowest BCUT2D eigenvalue weighted by Crippen LogP contribution is -2.40. The first-order chi connectivity index (χ1) is 20.8. The van der Waals surface area contributed by atoms with Crippen molar-refractivity contribution in [2.75, 3.05) is 26.8 Å². The highest BCUT2D eigenvalue weighted by Crippen LogP contribution is 2.41. The lowest BCUT2D eigenvalue weighted by molar-refractivity contribution is 0.0693. The summed E-state index contributed by atoms with van der Waals surface area (Å²) in [4.78, 5) is 42.7. The van der Waals surface area contributed by atoms with Crippen LogP contribution in [0.5, 0.6) is 23.0 Å². The average Bonchev–Trinajstić information content (AvgIpc) is 3.01. The summed E-state index contributed by atoms with van der Waals surface area (Å²) in [7, 11) is 1.54. The van der Waals surface area contributed by atoms with Crippen LogP contribution < -0.4 is 25.1 Å². The van der Waals surface area contributed by atoms with Gasteiger partial charge in [0.1, 0.15) is 22.3 Å². The number of hydrogen-bond donors (Lipinski definition) is 2. The third kappa shape index (κ3) is 5.65. The topological polar surface area (TPSA) is 110 Å². The third-order valence-electron chi connectivity index (χ3n) is 7.49. The van der Waals surface area contributed by atoms with Crippen molar-refractivity contribution in [1.82, 2.24) is 15.2 Å². The molecule has 220 valence electrons. The fraction of sp³-hybridized carbons (Fsp3) is 0.219. The number of H-pyrrole nitrogens is 1. The summed E-state index contributed by atoms with van der Waals surface area (Å²) in [6.45, 7) is 0.858. The molecule has 0 saturated carbocycles. The molecule has 1 aromatic heterocycles. The number of methoxy groups -OCH3 is 1. The summed E-state index contributed by atoms with van der Waals surface area (Å²) in [5.41, 5.74) is 2.27. The van der Waals surface area contributed by atoms with Crippen LogP contribution in [0, 0.1) is 5.82 Å². The molecule has 0 fully saturated rings. The van der Waals surface area contributed by atoms with Crippen LogP contribution >= 0.6 is 11.6 Å². The normalized spacial score (nSPS) is 16.3. The maximum Gasteiger partial charge on any atom is 0.266 e. The zero-order chi connectivity index (χ0) is 30.1. The van der Waals surface area contributed by atoms with Crippen molar-refractivity contribution in [1.29, 1.82) is 0 Å². The van der Waals surface area contributed by atoms with Gasteiger partial charge in [0, 0.05) is 19.3 Å². The monoisotopic (exact) mass is 603 g/mol. The van der Waals surface area contributed by atoms with E-state index < -0.39 is 23.3 Å². The lowest BCUT2D eigenvalue weighted by Gasteiger charge is -2.38. The Morgan fingerprint density at radius 1 is 1.07 bits per heavy atom. The molecule has 1 unspecified atom stereocenters. The highest BCUT2D eigenvalue weighted by atomic mass is 35.5. The number of amides is 2. The molecule has 2 N–H and O–H groups in total. The fourth-order valence-corrected chi connectivity index (χ4v) is 5.57. The van der Waals surface area contributed by atoms with Gasteiger partial charge in [-0.25, -0.2) is 4.39 Å². The Hall–Kier alpha value is -4.83. The number of rotatable bonds is 2. The zero-order valence-corrected chi connectivity index (χ0v) is 23.9. The molecule has 43 heavy (non-hydrogen) atoms. The minimum Gasteiger partial charge on any atom is -0.493 e. The van der Waals surface area contributed by atoms with Crippen LogP contribution in [-0.4, -0.2) is 48.5 Å². The van der Waals surface area contributed by atoms with Crippen LogP contribution in [-0.2, 0) is 6.42 Å². The molecule has 11 heteroatoms. The predicted molar refractivity (Wildman–Crippen MR) is 157 cm³/mol. The number of carbonyl (C=O) groups is 2. The minimum atomic E-state index is -0.654. The Balaban J connectivity index is 1.46. The van der Waals surface area contributed by atoms with Crippen molar-refractivity contribution in [3.63, 3.8) is 0 Å². The van der Waals surface area contributed by atoms with Crippen molar-refractivity contribution in [3.05, 3.63) is 116 Å². The van der Waals surface area contributed by atoms with Crippen molar-refractivity contribution >= 4 is 23.4 Å². The van der Waals surface area contributed by atoms with Crippen molar-refractivity contribution in [2.45, 2.75) is 18.9 Å². The molecule has 7 rings (SSSR count). The largest absolute Gasteiger partial charge is 0.493 e. The number of pyridine rings is 1. The van der Waals surface area contributed by atoms with E-state index in [1.54, 1.807) is 17.0 Å². The molecule has 0 aliphatic carbocycles. The van der Waals surface area contributed by atoms with Gasteiger partial charge in [-0.3, -0.25) is 14.4 Å². The molecule has 9 nitrogen and oxygen atoms in total. The number of nitrogens with one attached hydrogen (secondary N) is 2. The van der Waals surface area contributed by atoms with Gasteiger partial charge in [-0.2, -0.15) is 0 Å². The van der Waals surface area contributed by atoms with Crippen LogP contribution in [0.4, 0.5) is 4.39 Å². The van der Waals surface area contributed by atoms with Gasteiger partial charge in [0.15, 0.2) is 11.5 Å². The van der Waals surface area contributed by atoms with E-state index in [0.717, 1.165) is 16.7 Å². The average molecular weight is 604 g/mol. The van der Waals surface area contributed by atoms with Crippen LogP contribution in [0.1, 0.15) is 49.9 Å². The van der Waals surface area contributed by atoms with Gasteiger partial charge < -0.3 is 29.4 Å². The summed E-state index contributed by atoms with van der Waals surface area (Å²) in [6.07, 6.45) is 2.33. The first-order valence-electron chi connectivity index (χ1n) is 13.7. The predicted octanol–water partition coefficient (Wildman–Crippen LogP) is 5.27. The Kier molecular flexibility index (Phi) is 7.77. The Labute approximate surface area is 251 Å². The number of aromatic amines is 1. The van der Waals surface area contributed by atoms with Crippen LogP contribution in [0.2, 0.25) is 5.02 Å². The summed E-state index contributed by atoms with van der Waals surface area (Å²) < 4.78 is 32.2. The smallest absolute Gasteiger partial charge is 0.266 e. The number of nitrogens with zero attached hydrogens (tertiary/aromatic N) is 1. The molecule has 4 heterocycles. The van der Waals surface area contributed by atoms with E-state index in [4.69, 9.17) is 25.8 Å². The molecule has 3 aliphatic rings. The Morgan fingerprint density at radius 3 is 2.70 bits per heavy atom. The molecule has 3 aromatic carbocycles. The summed E-state index contributed by atoms with van der Waals surface area (Å²) in [5.74, 6) is 0.287. The van der Waals surface area contributed by atoms with Crippen molar-refractivity contribution in [3.8, 4) is 23.0 Å². The zero-order valence-electron chi connectivity index (χ0n) is 23.1. The molecule has 8 bridgehead atoms. The maximum absolute atomic E-state index is 14.5. The minimum absolute atomic E-state index is 0.0740.